The average molecular weight is 379 g/mol. The number of hydrogen-bond donors (Lipinski definition) is 2. The smallest absolute Gasteiger partial charge is 0.451 e. The fraction of sp³-hybridized carbons (Fsp3) is 0.444. The number of likely N-dealkylation sites (N-methyl/N-ethyl adjacent to an activating group) is 1. The van der Waals surface area contributed by atoms with Gasteiger partial charge >= 0.3 is 18.0 Å². The standard InChI is InChI=1S/C18H25N3O6/c1-4-14(16(23)24)20(3)17(19)21(18(25)26-5-2)27-15(22)12-11-13-9-7-6-8-10-13/h6-10,14,19H,4-5,11-12H2,1-3H3,(H,23,24). The number of aryl methyl sites for hydroxylation is 1. The normalized spacial score (nSPS) is 11.2. The number of aliphatic carboxylic acids is 1. The summed E-state index contributed by atoms with van der Waals surface area (Å²) in [5.41, 5.74) is 0.918. The number of rotatable bonds is 7. The Bertz CT molecular complexity index is 664. The van der Waals surface area contributed by atoms with Gasteiger partial charge in [-0.15, -0.1) is 0 Å². The van der Waals surface area contributed by atoms with Crippen molar-refractivity contribution in [2.45, 2.75) is 39.2 Å². The van der Waals surface area contributed by atoms with Crippen LogP contribution >= 0.6 is 0 Å². The van der Waals surface area contributed by atoms with E-state index in [0.717, 1.165) is 10.5 Å². The lowest BCUT2D eigenvalue weighted by Crippen LogP contribution is -2.51. The van der Waals surface area contributed by atoms with Crippen molar-refractivity contribution in [1.82, 2.24) is 9.96 Å². The Morgan fingerprint density at radius 3 is 2.33 bits per heavy atom. The Labute approximate surface area is 157 Å². The number of amides is 1. The van der Waals surface area contributed by atoms with Crippen LogP contribution in [0.2, 0.25) is 0 Å². The molecular weight excluding hydrogens is 354 g/mol. The molecule has 1 unspecified atom stereocenters. The van der Waals surface area contributed by atoms with Crippen molar-refractivity contribution < 1.29 is 29.1 Å². The highest BCUT2D eigenvalue weighted by molar-refractivity contribution is 5.94. The van der Waals surface area contributed by atoms with Gasteiger partial charge in [0.15, 0.2) is 0 Å². The molecule has 1 aromatic rings. The molecule has 0 saturated heterocycles. The maximum absolute atomic E-state index is 12.1. The fourth-order valence-corrected chi connectivity index (χ4v) is 2.29. The van der Waals surface area contributed by atoms with Crippen LogP contribution in [-0.4, -0.2) is 58.8 Å². The molecule has 0 radical (unpaired) electrons. The Hall–Kier alpha value is -3.10. The van der Waals surface area contributed by atoms with Crippen molar-refractivity contribution in [3.8, 4) is 0 Å². The van der Waals surface area contributed by atoms with Gasteiger partial charge in [-0.1, -0.05) is 42.3 Å². The van der Waals surface area contributed by atoms with E-state index in [0.29, 0.717) is 11.5 Å². The first kappa shape index (κ1) is 21.9. The van der Waals surface area contributed by atoms with Gasteiger partial charge in [0.2, 0.25) is 5.96 Å². The molecule has 0 saturated carbocycles. The van der Waals surface area contributed by atoms with Gasteiger partial charge in [-0.3, -0.25) is 5.41 Å². The summed E-state index contributed by atoms with van der Waals surface area (Å²) in [5, 5.41) is 17.7. The first-order valence-corrected chi connectivity index (χ1v) is 8.57. The highest BCUT2D eigenvalue weighted by Gasteiger charge is 2.32. The quantitative estimate of drug-likeness (QED) is 0.423. The molecule has 0 aliphatic heterocycles. The van der Waals surface area contributed by atoms with Gasteiger partial charge in [0, 0.05) is 7.05 Å². The topological polar surface area (TPSA) is 120 Å². The van der Waals surface area contributed by atoms with E-state index >= 15 is 0 Å². The van der Waals surface area contributed by atoms with E-state index in [1.165, 1.54) is 7.05 Å². The number of nitrogens with one attached hydrogen (secondary N) is 1. The molecule has 2 N–H and O–H groups in total. The number of hydroxylamine groups is 2. The molecule has 1 amide bonds. The first-order chi connectivity index (χ1) is 12.8. The van der Waals surface area contributed by atoms with E-state index in [4.69, 9.17) is 15.0 Å². The van der Waals surface area contributed by atoms with Gasteiger partial charge in [0.1, 0.15) is 6.04 Å². The van der Waals surface area contributed by atoms with E-state index in [2.05, 4.69) is 0 Å². The van der Waals surface area contributed by atoms with Crippen LogP contribution < -0.4 is 0 Å². The summed E-state index contributed by atoms with van der Waals surface area (Å²) in [6, 6.07) is 8.18. The number of hydrogen-bond acceptors (Lipinski definition) is 6. The number of carboxylic acid groups (broad SMARTS) is 1. The molecule has 148 valence electrons. The van der Waals surface area contributed by atoms with Gasteiger partial charge in [0.25, 0.3) is 0 Å². The van der Waals surface area contributed by atoms with Crippen LogP contribution in [0.15, 0.2) is 30.3 Å². The fourth-order valence-electron chi connectivity index (χ4n) is 2.29. The van der Waals surface area contributed by atoms with E-state index in [1.807, 2.05) is 30.3 Å². The van der Waals surface area contributed by atoms with Crippen molar-refractivity contribution in [2.24, 2.45) is 0 Å². The Morgan fingerprint density at radius 1 is 1.19 bits per heavy atom. The first-order valence-electron chi connectivity index (χ1n) is 8.57. The molecule has 9 nitrogen and oxygen atoms in total. The number of nitrogens with zero attached hydrogens (tertiary/aromatic N) is 2. The minimum atomic E-state index is -1.16. The van der Waals surface area contributed by atoms with E-state index in [9.17, 15) is 19.5 Å². The van der Waals surface area contributed by atoms with Crippen LogP contribution in [0.1, 0.15) is 32.3 Å². The summed E-state index contributed by atoms with van der Waals surface area (Å²) in [4.78, 5) is 41.6. The third-order valence-corrected chi connectivity index (χ3v) is 3.75. The van der Waals surface area contributed by atoms with Gasteiger partial charge in [-0.05, 0) is 25.3 Å². The molecule has 1 rings (SSSR count). The Balaban J connectivity index is 2.83. The van der Waals surface area contributed by atoms with Crippen molar-refractivity contribution in [1.29, 1.82) is 5.41 Å². The van der Waals surface area contributed by atoms with Crippen molar-refractivity contribution >= 4 is 24.0 Å². The molecule has 0 bridgehead atoms. The maximum Gasteiger partial charge on any atom is 0.451 e. The average Bonchev–Trinajstić information content (AvgIpc) is 2.65. The molecule has 0 spiro atoms. The summed E-state index contributed by atoms with van der Waals surface area (Å²) >= 11 is 0. The monoisotopic (exact) mass is 379 g/mol. The summed E-state index contributed by atoms with van der Waals surface area (Å²) in [6.07, 6.45) is -0.505. The molecule has 0 aliphatic rings. The Kier molecular flexibility index (Phi) is 8.77. The molecule has 0 heterocycles. The predicted molar refractivity (Wildman–Crippen MR) is 96.9 cm³/mol. The number of carbonyl (C=O) groups excluding carboxylic acids is 2. The lowest BCUT2D eigenvalue weighted by atomic mass is 10.1. The molecule has 0 fully saturated rings. The molecule has 0 aliphatic carbocycles. The highest BCUT2D eigenvalue weighted by Crippen LogP contribution is 2.10. The minimum Gasteiger partial charge on any atom is -0.480 e. The van der Waals surface area contributed by atoms with Gasteiger partial charge in [-0.25, -0.2) is 14.4 Å². The zero-order valence-corrected chi connectivity index (χ0v) is 15.7. The molecule has 0 aromatic heterocycles. The molecule has 1 aromatic carbocycles. The van der Waals surface area contributed by atoms with Gasteiger partial charge < -0.3 is 19.6 Å². The number of ether oxygens (including phenoxy) is 1. The number of carboxylic acids is 1. The van der Waals surface area contributed by atoms with Gasteiger partial charge in [-0.2, -0.15) is 0 Å². The van der Waals surface area contributed by atoms with E-state index in [-0.39, 0.29) is 19.4 Å². The maximum atomic E-state index is 12.1. The van der Waals surface area contributed by atoms with E-state index < -0.39 is 30.0 Å². The van der Waals surface area contributed by atoms with Crippen LogP contribution in [0.4, 0.5) is 4.79 Å². The molecule has 27 heavy (non-hydrogen) atoms. The molecular formula is C18H25N3O6. The predicted octanol–water partition coefficient (Wildman–Crippen LogP) is 2.27. The van der Waals surface area contributed by atoms with Crippen molar-refractivity contribution in [3.63, 3.8) is 0 Å². The number of benzene rings is 1. The lowest BCUT2D eigenvalue weighted by Gasteiger charge is -2.30. The summed E-state index contributed by atoms with van der Waals surface area (Å²) in [5.74, 6) is -2.51. The summed E-state index contributed by atoms with van der Waals surface area (Å²) < 4.78 is 4.81. The number of guanidine groups is 1. The zero-order valence-electron chi connectivity index (χ0n) is 15.7. The van der Waals surface area contributed by atoms with Crippen LogP contribution in [-0.2, 0) is 25.6 Å². The second kappa shape index (κ2) is 10.8. The van der Waals surface area contributed by atoms with Crippen LogP contribution in [0, 0.1) is 5.41 Å². The largest absolute Gasteiger partial charge is 0.480 e. The minimum absolute atomic E-state index is 0.00400. The summed E-state index contributed by atoms with van der Waals surface area (Å²) in [6.45, 7) is 3.19. The van der Waals surface area contributed by atoms with Crippen LogP contribution in [0.25, 0.3) is 0 Å². The van der Waals surface area contributed by atoms with Crippen LogP contribution in [0.3, 0.4) is 0 Å². The number of carbonyl (C=O) groups is 3. The third-order valence-electron chi connectivity index (χ3n) is 3.75. The molecule has 1 atom stereocenters. The van der Waals surface area contributed by atoms with Gasteiger partial charge in [0.05, 0.1) is 13.0 Å². The SMILES string of the molecule is CCOC(=O)N(OC(=O)CCc1ccccc1)C(=N)N(C)C(CC)C(=O)O. The second-order valence-electron chi connectivity index (χ2n) is 5.64. The second-order valence-corrected chi connectivity index (χ2v) is 5.64. The molecule has 9 heteroatoms. The van der Waals surface area contributed by atoms with Crippen molar-refractivity contribution in [2.75, 3.05) is 13.7 Å². The Morgan fingerprint density at radius 2 is 1.81 bits per heavy atom. The third kappa shape index (κ3) is 6.61. The van der Waals surface area contributed by atoms with Crippen molar-refractivity contribution in [3.05, 3.63) is 35.9 Å². The van der Waals surface area contributed by atoms with Crippen LogP contribution in [0.5, 0.6) is 0 Å². The summed E-state index contributed by atoms with van der Waals surface area (Å²) in [7, 11) is 1.33. The highest BCUT2D eigenvalue weighted by atomic mass is 16.8. The van der Waals surface area contributed by atoms with E-state index in [1.54, 1.807) is 13.8 Å². The zero-order chi connectivity index (χ0) is 20.4. The lowest BCUT2D eigenvalue weighted by molar-refractivity contribution is -0.169.